The fourth-order valence-corrected chi connectivity index (χ4v) is 1.95. The number of nitrogens with one attached hydrogen (secondary N) is 1. The molecule has 1 N–H and O–H groups in total. The van der Waals surface area contributed by atoms with E-state index in [0.29, 0.717) is 5.92 Å². The highest BCUT2D eigenvalue weighted by Gasteiger charge is 2.07. The second kappa shape index (κ2) is 8.15. The molecule has 0 spiro atoms. The third kappa shape index (κ3) is 5.54. The van der Waals surface area contributed by atoms with E-state index in [9.17, 15) is 0 Å². The fourth-order valence-electron chi connectivity index (χ4n) is 1.95. The lowest BCUT2D eigenvalue weighted by atomic mass is 9.97. The molecule has 1 atom stereocenters. The average molecular weight is 249 g/mol. The van der Waals surface area contributed by atoms with E-state index in [1.807, 2.05) is 6.07 Å². The zero-order chi connectivity index (χ0) is 13.4. The van der Waals surface area contributed by atoms with Gasteiger partial charge in [-0.25, -0.2) is 0 Å². The van der Waals surface area contributed by atoms with Gasteiger partial charge in [0.1, 0.15) is 5.75 Å². The molecule has 1 aromatic carbocycles. The van der Waals surface area contributed by atoms with Crippen molar-refractivity contribution >= 4 is 0 Å². The molecule has 0 bridgehead atoms. The summed E-state index contributed by atoms with van der Waals surface area (Å²) >= 11 is 0. The van der Waals surface area contributed by atoms with E-state index >= 15 is 0 Å². The Morgan fingerprint density at radius 3 is 2.61 bits per heavy atom. The summed E-state index contributed by atoms with van der Waals surface area (Å²) in [6.45, 7) is 10.8. The lowest BCUT2D eigenvalue weighted by Gasteiger charge is -2.15. The molecule has 0 heterocycles. The molecule has 1 aromatic rings. The molecule has 0 aliphatic rings. The molecule has 1 rings (SSSR count). The summed E-state index contributed by atoms with van der Waals surface area (Å²) in [5.74, 6) is 1.56. The van der Waals surface area contributed by atoms with Gasteiger partial charge >= 0.3 is 0 Å². The highest BCUT2D eigenvalue weighted by molar-refractivity contribution is 5.30. The normalized spacial score (nSPS) is 12.7. The number of ether oxygens (including phenoxy) is 1. The van der Waals surface area contributed by atoms with Gasteiger partial charge in [-0.2, -0.15) is 0 Å². The number of hydrogen-bond donors (Lipinski definition) is 1. The maximum Gasteiger partial charge on any atom is 0.119 e. The Bertz CT molecular complexity index is 336. The summed E-state index contributed by atoms with van der Waals surface area (Å²) in [5.41, 5.74) is 1.37. The van der Waals surface area contributed by atoms with Crippen LogP contribution in [-0.2, 0) is 0 Å². The Morgan fingerprint density at radius 2 is 1.94 bits per heavy atom. The van der Waals surface area contributed by atoms with Gasteiger partial charge in [-0.1, -0.05) is 26.0 Å². The van der Waals surface area contributed by atoms with Gasteiger partial charge in [0.05, 0.1) is 6.10 Å². The second-order valence-electron chi connectivity index (χ2n) is 5.18. The van der Waals surface area contributed by atoms with Gasteiger partial charge in [0.25, 0.3) is 0 Å². The van der Waals surface area contributed by atoms with Crippen molar-refractivity contribution in [3.63, 3.8) is 0 Å². The third-order valence-corrected chi connectivity index (χ3v) is 2.98. The van der Waals surface area contributed by atoms with Gasteiger partial charge < -0.3 is 10.1 Å². The lowest BCUT2D eigenvalue weighted by molar-refractivity contribution is 0.242. The summed E-state index contributed by atoms with van der Waals surface area (Å²) in [6.07, 6.45) is 2.61. The smallest absolute Gasteiger partial charge is 0.119 e. The van der Waals surface area contributed by atoms with Crippen LogP contribution in [0.15, 0.2) is 24.3 Å². The van der Waals surface area contributed by atoms with Crippen LogP contribution in [0.4, 0.5) is 0 Å². The first-order valence-corrected chi connectivity index (χ1v) is 7.10. The molecule has 0 saturated heterocycles. The van der Waals surface area contributed by atoms with Crippen LogP contribution in [0.2, 0.25) is 0 Å². The molecule has 102 valence electrons. The predicted octanol–water partition coefficient (Wildman–Crippen LogP) is 3.97. The molecule has 2 heteroatoms. The highest BCUT2D eigenvalue weighted by atomic mass is 16.5. The Hall–Kier alpha value is -1.02. The van der Waals surface area contributed by atoms with E-state index in [2.05, 4.69) is 51.2 Å². The molecular formula is C16H27NO. The van der Waals surface area contributed by atoms with E-state index in [1.54, 1.807) is 0 Å². The lowest BCUT2D eigenvalue weighted by Crippen LogP contribution is -2.17. The van der Waals surface area contributed by atoms with Crippen LogP contribution >= 0.6 is 0 Å². The quantitative estimate of drug-likeness (QED) is 0.704. The van der Waals surface area contributed by atoms with Crippen LogP contribution in [0.5, 0.6) is 5.75 Å². The standard InChI is InChI=1S/C16H27NO/c1-5-10-17-11-9-14(4)15-7-6-8-16(12-15)18-13(2)3/h6-8,12-14,17H,5,9-11H2,1-4H3. The average Bonchev–Trinajstić information content (AvgIpc) is 2.34. The molecule has 0 aliphatic heterocycles. The largest absolute Gasteiger partial charge is 0.491 e. The molecule has 1 unspecified atom stereocenters. The number of benzene rings is 1. The van der Waals surface area contributed by atoms with Crippen LogP contribution in [-0.4, -0.2) is 19.2 Å². The maximum absolute atomic E-state index is 5.73. The van der Waals surface area contributed by atoms with E-state index < -0.39 is 0 Å². The van der Waals surface area contributed by atoms with Gasteiger partial charge in [-0.15, -0.1) is 0 Å². The molecule has 0 fully saturated rings. The fraction of sp³-hybridized carbons (Fsp3) is 0.625. The predicted molar refractivity (Wildman–Crippen MR) is 78.4 cm³/mol. The van der Waals surface area contributed by atoms with Gasteiger partial charge in [-0.3, -0.25) is 0 Å². The molecule has 0 aliphatic carbocycles. The topological polar surface area (TPSA) is 21.3 Å². The molecule has 0 aromatic heterocycles. The van der Waals surface area contributed by atoms with Crippen molar-refractivity contribution in [1.29, 1.82) is 0 Å². The SMILES string of the molecule is CCCNCCC(C)c1cccc(OC(C)C)c1. The van der Waals surface area contributed by atoms with Crippen molar-refractivity contribution < 1.29 is 4.74 Å². The van der Waals surface area contributed by atoms with Crippen LogP contribution in [0, 0.1) is 0 Å². The zero-order valence-corrected chi connectivity index (χ0v) is 12.2. The minimum atomic E-state index is 0.238. The van der Waals surface area contributed by atoms with Crippen molar-refractivity contribution in [2.75, 3.05) is 13.1 Å². The van der Waals surface area contributed by atoms with Gasteiger partial charge in [0.15, 0.2) is 0 Å². The molecule has 2 nitrogen and oxygen atoms in total. The van der Waals surface area contributed by atoms with Crippen LogP contribution in [0.25, 0.3) is 0 Å². The van der Waals surface area contributed by atoms with Crippen molar-refractivity contribution in [2.45, 2.75) is 52.6 Å². The summed E-state index contributed by atoms with van der Waals surface area (Å²) in [7, 11) is 0. The van der Waals surface area contributed by atoms with Crippen molar-refractivity contribution in [3.8, 4) is 5.75 Å². The first-order chi connectivity index (χ1) is 8.63. The molecule has 0 radical (unpaired) electrons. The van der Waals surface area contributed by atoms with Gasteiger partial charge in [-0.05, 0) is 63.4 Å². The van der Waals surface area contributed by atoms with E-state index in [0.717, 1.165) is 18.8 Å². The van der Waals surface area contributed by atoms with Crippen molar-refractivity contribution in [1.82, 2.24) is 5.32 Å². The Labute approximate surface area is 112 Å². The summed E-state index contributed by atoms with van der Waals surface area (Å²) in [6, 6.07) is 8.48. The maximum atomic E-state index is 5.73. The molecule has 0 saturated carbocycles. The van der Waals surface area contributed by atoms with Gasteiger partial charge in [0, 0.05) is 0 Å². The Kier molecular flexibility index (Phi) is 6.81. The number of rotatable bonds is 8. The minimum Gasteiger partial charge on any atom is -0.491 e. The van der Waals surface area contributed by atoms with E-state index in [1.165, 1.54) is 18.4 Å². The Balaban J connectivity index is 2.48. The monoisotopic (exact) mass is 249 g/mol. The Morgan fingerprint density at radius 1 is 1.17 bits per heavy atom. The van der Waals surface area contributed by atoms with Crippen molar-refractivity contribution in [2.24, 2.45) is 0 Å². The van der Waals surface area contributed by atoms with E-state index in [-0.39, 0.29) is 6.10 Å². The summed E-state index contributed by atoms with van der Waals surface area (Å²) in [4.78, 5) is 0. The van der Waals surface area contributed by atoms with Crippen LogP contribution in [0.1, 0.15) is 52.0 Å². The van der Waals surface area contributed by atoms with Gasteiger partial charge in [0.2, 0.25) is 0 Å². The van der Waals surface area contributed by atoms with Crippen molar-refractivity contribution in [3.05, 3.63) is 29.8 Å². The molecular weight excluding hydrogens is 222 g/mol. The second-order valence-corrected chi connectivity index (χ2v) is 5.18. The van der Waals surface area contributed by atoms with Crippen LogP contribution in [0.3, 0.4) is 0 Å². The van der Waals surface area contributed by atoms with E-state index in [4.69, 9.17) is 4.74 Å². The minimum absolute atomic E-state index is 0.238. The summed E-state index contributed by atoms with van der Waals surface area (Å²) in [5, 5.41) is 3.45. The first-order valence-electron chi connectivity index (χ1n) is 7.10. The zero-order valence-electron chi connectivity index (χ0n) is 12.2. The molecule has 18 heavy (non-hydrogen) atoms. The van der Waals surface area contributed by atoms with Crippen LogP contribution < -0.4 is 10.1 Å². The summed E-state index contributed by atoms with van der Waals surface area (Å²) < 4.78 is 5.73. The first kappa shape index (κ1) is 15.0. The third-order valence-electron chi connectivity index (χ3n) is 2.98. The number of hydrogen-bond acceptors (Lipinski definition) is 2. The molecule has 0 amide bonds. The highest BCUT2D eigenvalue weighted by Crippen LogP contribution is 2.23.